The molecule has 0 unspecified atom stereocenters. The summed E-state index contributed by atoms with van der Waals surface area (Å²) in [6.07, 6.45) is -0.938. The van der Waals surface area contributed by atoms with Gasteiger partial charge in [-0.15, -0.1) is 0 Å². The number of hydrogen-bond donors (Lipinski definition) is 1. The molecular formula is C12H3F4N3O5. The fraction of sp³-hybridized carbons (Fsp3) is 0.0833. The van der Waals surface area contributed by atoms with E-state index in [1.807, 2.05) is 0 Å². The molecule has 6 amide bonds. The number of carbonyl (C=O) groups is 5. The monoisotopic (exact) mass is 345 g/mol. The number of benzene rings is 1. The molecule has 2 aliphatic heterocycles. The molecule has 0 spiro atoms. The van der Waals surface area contributed by atoms with Gasteiger partial charge in [-0.1, -0.05) is 0 Å². The van der Waals surface area contributed by atoms with Crippen molar-refractivity contribution in [2.24, 2.45) is 0 Å². The predicted molar refractivity (Wildman–Crippen MR) is 61.8 cm³/mol. The van der Waals surface area contributed by atoms with Crippen LogP contribution >= 0.6 is 0 Å². The molecule has 0 aromatic heterocycles. The molecule has 1 fully saturated rings. The van der Waals surface area contributed by atoms with E-state index in [-0.39, 0.29) is 10.0 Å². The number of hydrazine groups is 1. The highest BCUT2D eigenvalue weighted by Crippen LogP contribution is 2.32. The molecule has 124 valence electrons. The molecule has 1 N–H and O–H groups in total. The van der Waals surface area contributed by atoms with Gasteiger partial charge in [0.15, 0.2) is 23.3 Å². The molecular weight excluding hydrogens is 342 g/mol. The Labute approximate surface area is 128 Å². The zero-order chi connectivity index (χ0) is 17.9. The Morgan fingerprint density at radius 1 is 0.708 bits per heavy atom. The maximum Gasteiger partial charge on any atom is 0.350 e. The Balaban J connectivity index is 2.17. The summed E-state index contributed by atoms with van der Waals surface area (Å²) in [5, 5.41) is 1.14. The van der Waals surface area contributed by atoms with Gasteiger partial charge in [-0.2, -0.15) is 10.0 Å². The first kappa shape index (κ1) is 15.6. The third-order valence-corrected chi connectivity index (χ3v) is 3.27. The van der Waals surface area contributed by atoms with Crippen LogP contribution in [-0.4, -0.2) is 39.7 Å². The lowest BCUT2D eigenvalue weighted by atomic mass is 10.1. The molecule has 12 heteroatoms. The van der Waals surface area contributed by atoms with E-state index in [2.05, 4.69) is 0 Å². The highest BCUT2D eigenvalue weighted by Gasteiger charge is 2.50. The van der Waals surface area contributed by atoms with Crippen LogP contribution < -0.4 is 5.32 Å². The van der Waals surface area contributed by atoms with E-state index in [0.29, 0.717) is 0 Å². The number of carbonyl (C=O) groups excluding carboxylic acids is 5. The van der Waals surface area contributed by atoms with Crippen molar-refractivity contribution in [1.29, 1.82) is 0 Å². The van der Waals surface area contributed by atoms with E-state index >= 15 is 0 Å². The maximum absolute atomic E-state index is 13.7. The minimum Gasteiger partial charge on any atom is -0.276 e. The van der Waals surface area contributed by atoms with Gasteiger partial charge in [-0.3, -0.25) is 24.5 Å². The van der Waals surface area contributed by atoms with E-state index in [4.69, 9.17) is 0 Å². The van der Waals surface area contributed by atoms with E-state index in [0.717, 1.165) is 0 Å². The second-order valence-electron chi connectivity index (χ2n) is 4.66. The Bertz CT molecular complexity index is 817. The van der Waals surface area contributed by atoms with Crippen LogP contribution in [0.2, 0.25) is 0 Å². The van der Waals surface area contributed by atoms with E-state index in [1.165, 1.54) is 0 Å². The minimum atomic E-state index is -2.33. The van der Waals surface area contributed by atoms with Crippen molar-refractivity contribution in [3.63, 3.8) is 0 Å². The lowest BCUT2D eigenvalue weighted by Crippen LogP contribution is -2.61. The Hall–Kier alpha value is -3.31. The molecule has 0 radical (unpaired) electrons. The Morgan fingerprint density at radius 3 is 1.58 bits per heavy atom. The van der Waals surface area contributed by atoms with Gasteiger partial charge in [0.05, 0.1) is 11.1 Å². The van der Waals surface area contributed by atoms with Crippen LogP contribution in [-0.2, 0) is 9.59 Å². The second-order valence-corrected chi connectivity index (χ2v) is 4.66. The second kappa shape index (κ2) is 4.84. The van der Waals surface area contributed by atoms with Crippen molar-refractivity contribution in [3.05, 3.63) is 34.4 Å². The molecule has 0 saturated carbocycles. The summed E-state index contributed by atoms with van der Waals surface area (Å²) in [5.74, 6) is -14.9. The average molecular weight is 345 g/mol. The number of nitrogens with zero attached hydrogens (tertiary/aromatic N) is 2. The van der Waals surface area contributed by atoms with Crippen molar-refractivity contribution in [2.75, 3.05) is 0 Å². The lowest BCUT2D eigenvalue weighted by Gasteiger charge is -2.30. The molecule has 1 aromatic rings. The molecule has 8 nitrogen and oxygen atoms in total. The van der Waals surface area contributed by atoms with Gasteiger partial charge < -0.3 is 0 Å². The largest absolute Gasteiger partial charge is 0.350 e. The summed E-state index contributed by atoms with van der Waals surface area (Å²) in [4.78, 5) is 58.5. The Morgan fingerprint density at radius 2 is 1.17 bits per heavy atom. The number of imide groups is 3. The van der Waals surface area contributed by atoms with Gasteiger partial charge in [0.2, 0.25) is 5.91 Å². The standard InChI is InChI=1S/C12H3F4N3O5/c13-6-4-5(7(14)9(16)8(6)15)11(23)19(10(4)22)18-3(21)1-2(20)17-12(18)24/h1H2,(H,17,20,24). The number of halogens is 4. The highest BCUT2D eigenvalue weighted by molar-refractivity contribution is 6.25. The first-order chi connectivity index (χ1) is 11.2. The quantitative estimate of drug-likeness (QED) is 0.258. The third-order valence-electron chi connectivity index (χ3n) is 3.27. The zero-order valence-electron chi connectivity index (χ0n) is 11.2. The third kappa shape index (κ3) is 1.82. The number of nitrogens with one attached hydrogen (secondary N) is 1. The topological polar surface area (TPSA) is 104 Å². The van der Waals surface area contributed by atoms with Gasteiger partial charge in [0.25, 0.3) is 17.7 Å². The van der Waals surface area contributed by atoms with Crippen molar-refractivity contribution < 1.29 is 41.5 Å². The molecule has 2 aliphatic rings. The molecule has 0 aliphatic carbocycles. The smallest absolute Gasteiger partial charge is 0.276 e. The van der Waals surface area contributed by atoms with Crippen LogP contribution in [0.25, 0.3) is 0 Å². The summed E-state index contributed by atoms with van der Waals surface area (Å²) < 4.78 is 53.9. The van der Waals surface area contributed by atoms with Crippen LogP contribution in [0.15, 0.2) is 0 Å². The van der Waals surface area contributed by atoms with Gasteiger partial charge >= 0.3 is 6.03 Å². The van der Waals surface area contributed by atoms with E-state index < -0.39 is 70.5 Å². The number of rotatable bonds is 1. The zero-order valence-corrected chi connectivity index (χ0v) is 11.2. The molecule has 0 bridgehead atoms. The summed E-state index contributed by atoms with van der Waals surface area (Å²) in [5.41, 5.74) is -2.93. The average Bonchev–Trinajstić information content (AvgIpc) is 2.75. The van der Waals surface area contributed by atoms with Gasteiger partial charge in [0, 0.05) is 0 Å². The molecule has 3 rings (SSSR count). The van der Waals surface area contributed by atoms with Crippen LogP contribution in [0.3, 0.4) is 0 Å². The SMILES string of the molecule is O=C1CC(=O)N(N2C(=O)c3c(F)c(F)c(F)c(F)c3C2=O)C(=O)N1. The van der Waals surface area contributed by atoms with Crippen LogP contribution in [0.5, 0.6) is 0 Å². The minimum absolute atomic E-state index is 0.166. The highest BCUT2D eigenvalue weighted by atomic mass is 19.2. The van der Waals surface area contributed by atoms with Gasteiger partial charge in [-0.25, -0.2) is 22.4 Å². The fourth-order valence-electron chi connectivity index (χ4n) is 2.26. The van der Waals surface area contributed by atoms with E-state index in [9.17, 15) is 41.5 Å². The number of hydrogen-bond acceptors (Lipinski definition) is 5. The van der Waals surface area contributed by atoms with Gasteiger partial charge in [0.1, 0.15) is 6.42 Å². The fourth-order valence-corrected chi connectivity index (χ4v) is 2.26. The van der Waals surface area contributed by atoms with Crippen molar-refractivity contribution in [1.82, 2.24) is 15.3 Å². The summed E-state index contributed by atoms with van der Waals surface area (Å²) in [6.45, 7) is 0. The van der Waals surface area contributed by atoms with Gasteiger partial charge in [-0.05, 0) is 0 Å². The number of fused-ring (bicyclic) bond motifs is 1. The van der Waals surface area contributed by atoms with E-state index in [1.54, 1.807) is 5.32 Å². The summed E-state index contributed by atoms with van der Waals surface area (Å²) >= 11 is 0. The van der Waals surface area contributed by atoms with Crippen molar-refractivity contribution >= 4 is 29.7 Å². The molecule has 0 atom stereocenters. The number of barbiturate groups is 1. The molecule has 1 saturated heterocycles. The lowest BCUT2D eigenvalue weighted by molar-refractivity contribution is -0.143. The van der Waals surface area contributed by atoms with Crippen molar-refractivity contribution in [2.45, 2.75) is 6.42 Å². The van der Waals surface area contributed by atoms with Crippen molar-refractivity contribution in [3.8, 4) is 0 Å². The van der Waals surface area contributed by atoms with Crippen LogP contribution in [0.1, 0.15) is 27.1 Å². The maximum atomic E-state index is 13.7. The molecule has 1 aromatic carbocycles. The summed E-state index contributed by atoms with van der Waals surface area (Å²) in [6, 6.07) is -1.53. The molecule has 2 heterocycles. The first-order valence-electron chi connectivity index (χ1n) is 6.08. The van der Waals surface area contributed by atoms with Crippen LogP contribution in [0.4, 0.5) is 22.4 Å². The number of urea groups is 1. The van der Waals surface area contributed by atoms with Crippen LogP contribution in [0, 0.1) is 23.3 Å². The molecule has 24 heavy (non-hydrogen) atoms. The normalized spacial score (nSPS) is 17.6. The Kier molecular flexibility index (Phi) is 3.14. The number of amides is 6. The predicted octanol–water partition coefficient (Wildman–Crippen LogP) is 0.223. The first-order valence-corrected chi connectivity index (χ1v) is 6.08. The summed E-state index contributed by atoms with van der Waals surface area (Å²) in [7, 11) is 0.